The monoisotopic (exact) mass is 126 g/mol. The Morgan fingerprint density at radius 3 is 1.57 bits per heavy atom. The summed E-state index contributed by atoms with van der Waals surface area (Å²) < 4.78 is 0. The summed E-state index contributed by atoms with van der Waals surface area (Å²) in [5, 5.41) is 8.89. The summed E-state index contributed by atoms with van der Waals surface area (Å²) in [6, 6.07) is 0. The maximum atomic E-state index is 8.89. The summed E-state index contributed by atoms with van der Waals surface area (Å²) >= 11 is 0. The van der Waals surface area contributed by atoms with Gasteiger partial charge < -0.3 is 9.90 Å². The summed E-state index contributed by atoms with van der Waals surface area (Å²) in [5.41, 5.74) is 0. The predicted molar refractivity (Wildman–Crippen MR) is 21.9 cm³/mol. The van der Waals surface area contributed by atoms with Gasteiger partial charge >= 0.3 is 51.4 Å². The zero-order valence-electron chi connectivity index (χ0n) is 4.73. The third kappa shape index (κ3) is 224. The summed E-state index contributed by atoms with van der Waals surface area (Å²) in [5.74, 6) is -1.08. The van der Waals surface area contributed by atoms with Crippen LogP contribution in [0, 0.1) is 0 Å². The van der Waals surface area contributed by atoms with E-state index >= 15 is 0 Å². The first-order chi connectivity index (χ1) is 2.73. The van der Waals surface area contributed by atoms with Crippen LogP contribution in [-0.2, 0) is 4.79 Å². The third-order valence-corrected chi connectivity index (χ3v) is 0. The normalized spacial score (nSPS) is 4.14. The van der Waals surface area contributed by atoms with Gasteiger partial charge in [0.05, 0.1) is 0 Å². The van der Waals surface area contributed by atoms with E-state index in [1.807, 2.05) is 0 Å². The minimum absolute atomic E-state index is 0. The van der Waals surface area contributed by atoms with Crippen LogP contribution < -0.4 is 56.5 Å². The summed E-state index contributed by atoms with van der Waals surface area (Å²) in [4.78, 5) is 8.89. The van der Waals surface area contributed by atoms with E-state index in [9.17, 15) is 0 Å². The van der Waals surface area contributed by atoms with Crippen molar-refractivity contribution >= 4 is 5.97 Å². The Bertz CT molecular complexity index is 41.0. The first-order valence-corrected chi connectivity index (χ1v) is 1.41. The van der Waals surface area contributed by atoms with Gasteiger partial charge in [0.25, 0.3) is 0 Å². The molecule has 0 saturated heterocycles. The van der Waals surface area contributed by atoms with Crippen molar-refractivity contribution in [3.63, 3.8) is 0 Å². The summed E-state index contributed by atoms with van der Waals surface area (Å²) in [6.07, 6.45) is 0. The van der Waals surface area contributed by atoms with Gasteiger partial charge in [-0.1, -0.05) is 0 Å². The van der Waals surface area contributed by atoms with Gasteiger partial charge in [0.2, 0.25) is 0 Å². The molecule has 0 radical (unpaired) electrons. The first-order valence-electron chi connectivity index (χ1n) is 1.41. The Kier molecular flexibility index (Phi) is 35.4. The molecule has 0 N–H and O–H groups in total. The molecule has 0 atom stereocenters. The van der Waals surface area contributed by atoms with Crippen LogP contribution in [0.1, 0.15) is 6.92 Å². The van der Waals surface area contributed by atoms with E-state index in [0.717, 1.165) is 6.92 Å². The molecule has 36 valence electrons. The van der Waals surface area contributed by atoms with E-state index in [2.05, 4.69) is 13.2 Å². The van der Waals surface area contributed by atoms with Crippen molar-refractivity contribution in [1.29, 1.82) is 0 Å². The van der Waals surface area contributed by atoms with Crippen molar-refractivity contribution in [2.75, 3.05) is 0 Å². The van der Waals surface area contributed by atoms with E-state index in [-0.39, 0.29) is 51.4 Å². The fourth-order valence-corrected chi connectivity index (χ4v) is 0. The molecule has 0 saturated carbocycles. The smallest absolute Gasteiger partial charge is 0.550 e. The average Bonchev–Trinajstić information content (AvgIpc) is 1.41. The number of carboxylic acids is 1. The van der Waals surface area contributed by atoms with Crippen LogP contribution in [0.15, 0.2) is 13.2 Å². The molecule has 0 aliphatic rings. The van der Waals surface area contributed by atoms with Crippen molar-refractivity contribution in [3.8, 4) is 0 Å². The van der Waals surface area contributed by atoms with Gasteiger partial charge in [-0.2, -0.15) is 0 Å². The summed E-state index contributed by atoms with van der Waals surface area (Å²) in [7, 11) is 0. The van der Waals surface area contributed by atoms with Crippen molar-refractivity contribution in [3.05, 3.63) is 13.2 Å². The van der Waals surface area contributed by atoms with Gasteiger partial charge in [-0.05, 0) is 6.92 Å². The molecule has 0 aliphatic carbocycles. The topological polar surface area (TPSA) is 40.1 Å². The number of carbonyl (C=O) groups is 1. The molecule has 0 spiro atoms. The second-order valence-electron chi connectivity index (χ2n) is 0.492. The molecule has 0 bridgehead atoms. The fraction of sp³-hybridized carbons (Fsp3) is 0.250. The molecule has 3 heteroatoms. The van der Waals surface area contributed by atoms with Gasteiger partial charge in [-0.3, -0.25) is 0 Å². The number of carbonyl (C=O) groups excluding carboxylic acids is 1. The number of carboxylic acid groups (broad SMARTS) is 1. The predicted octanol–water partition coefficient (Wildman–Crippen LogP) is -3.44. The van der Waals surface area contributed by atoms with Crippen LogP contribution in [0.4, 0.5) is 0 Å². The van der Waals surface area contributed by atoms with Gasteiger partial charge in [0.1, 0.15) is 0 Å². The van der Waals surface area contributed by atoms with Crippen molar-refractivity contribution in [2.45, 2.75) is 6.92 Å². The Balaban J connectivity index is -0.0000000480. The Hall–Kier alpha value is 0.846. The third-order valence-electron chi connectivity index (χ3n) is 0. The minimum Gasteiger partial charge on any atom is -0.550 e. The van der Waals surface area contributed by atoms with E-state index in [1.165, 1.54) is 0 Å². The molecule has 0 aromatic heterocycles. The molecule has 0 fully saturated rings. The van der Waals surface area contributed by atoms with Gasteiger partial charge in [0.15, 0.2) is 0 Å². The number of rotatable bonds is 0. The SMILES string of the molecule is C=C.CC(=O)[O-].[K+]. The largest absolute Gasteiger partial charge is 1.00 e. The average molecular weight is 126 g/mol. The molecule has 0 aliphatic heterocycles. The summed E-state index contributed by atoms with van der Waals surface area (Å²) in [6.45, 7) is 6.97. The van der Waals surface area contributed by atoms with Gasteiger partial charge in [-0.15, -0.1) is 13.2 Å². The zero-order chi connectivity index (χ0) is 5.58. The van der Waals surface area contributed by atoms with Gasteiger partial charge in [0, 0.05) is 5.97 Å². The van der Waals surface area contributed by atoms with Crippen LogP contribution in [-0.4, -0.2) is 5.97 Å². The van der Waals surface area contributed by atoms with Crippen LogP contribution in [0.25, 0.3) is 0 Å². The van der Waals surface area contributed by atoms with E-state index in [4.69, 9.17) is 9.90 Å². The quantitative estimate of drug-likeness (QED) is 0.250. The minimum atomic E-state index is -1.08. The molecule has 0 rings (SSSR count). The van der Waals surface area contributed by atoms with Crippen LogP contribution in [0.5, 0.6) is 0 Å². The van der Waals surface area contributed by atoms with Crippen molar-refractivity contribution in [1.82, 2.24) is 0 Å². The fourth-order valence-electron chi connectivity index (χ4n) is 0. The van der Waals surface area contributed by atoms with E-state index in [1.54, 1.807) is 0 Å². The van der Waals surface area contributed by atoms with Crippen molar-refractivity contribution < 1.29 is 61.3 Å². The molecule has 0 aromatic carbocycles. The van der Waals surface area contributed by atoms with Crippen LogP contribution >= 0.6 is 0 Å². The second-order valence-corrected chi connectivity index (χ2v) is 0.492. The Morgan fingerprint density at radius 2 is 1.57 bits per heavy atom. The van der Waals surface area contributed by atoms with Gasteiger partial charge in [-0.25, -0.2) is 0 Å². The molecule has 0 amide bonds. The standard InChI is InChI=1S/C2H4O2.C2H4.K/c1-2(3)4;1-2;/h1H3,(H,3,4);1-2H2;/q;;+1/p-1. The van der Waals surface area contributed by atoms with Crippen LogP contribution in [0.2, 0.25) is 0 Å². The Labute approximate surface area is 86.0 Å². The Morgan fingerprint density at radius 1 is 1.57 bits per heavy atom. The van der Waals surface area contributed by atoms with E-state index in [0.29, 0.717) is 0 Å². The molecule has 0 aromatic rings. The maximum absolute atomic E-state index is 8.89. The first kappa shape index (κ1) is 15.7. The van der Waals surface area contributed by atoms with Crippen molar-refractivity contribution in [2.24, 2.45) is 0 Å². The molecular formula is C4H7KO2. The second kappa shape index (κ2) is 15.8. The number of hydrogen-bond donors (Lipinski definition) is 0. The zero-order valence-corrected chi connectivity index (χ0v) is 7.85. The molecule has 7 heavy (non-hydrogen) atoms. The maximum Gasteiger partial charge on any atom is 1.00 e. The number of aliphatic carboxylic acids is 1. The number of hydrogen-bond acceptors (Lipinski definition) is 2. The van der Waals surface area contributed by atoms with E-state index < -0.39 is 5.97 Å². The molecule has 2 nitrogen and oxygen atoms in total. The molecule has 0 unspecified atom stereocenters. The molecular weight excluding hydrogens is 119 g/mol. The van der Waals surface area contributed by atoms with Crippen LogP contribution in [0.3, 0.4) is 0 Å². The molecule has 0 heterocycles.